The summed E-state index contributed by atoms with van der Waals surface area (Å²) in [5.41, 5.74) is 4.17. The summed E-state index contributed by atoms with van der Waals surface area (Å²) in [6, 6.07) is 19.7. The third-order valence-corrected chi connectivity index (χ3v) is 6.08. The molecule has 0 bridgehead atoms. The van der Waals surface area contributed by atoms with Gasteiger partial charge in [-0.25, -0.2) is 17.7 Å². The van der Waals surface area contributed by atoms with Crippen LogP contribution in [-0.4, -0.2) is 23.9 Å². The molecule has 0 aliphatic heterocycles. The number of pyridine rings is 1. The molecule has 152 valence electrons. The van der Waals surface area contributed by atoms with E-state index in [1.165, 1.54) is 6.92 Å². The van der Waals surface area contributed by atoms with Gasteiger partial charge in [-0.3, -0.25) is 4.79 Å². The van der Waals surface area contributed by atoms with E-state index in [0.29, 0.717) is 5.69 Å². The molecular weight excluding hydrogens is 400 g/mol. The van der Waals surface area contributed by atoms with Crippen molar-refractivity contribution < 1.29 is 13.2 Å². The molecule has 2 aromatic carbocycles. The first-order chi connectivity index (χ1) is 14.4. The number of carbonyl (C=O) groups is 1. The molecule has 4 aromatic rings. The second kappa shape index (κ2) is 8.10. The van der Waals surface area contributed by atoms with E-state index in [0.717, 1.165) is 22.2 Å². The third-order valence-electron chi connectivity index (χ3n) is 4.66. The zero-order chi connectivity index (χ0) is 21.1. The van der Waals surface area contributed by atoms with Crippen LogP contribution in [0.15, 0.2) is 84.0 Å². The first-order valence-corrected chi connectivity index (χ1v) is 10.8. The SMILES string of the molecule is CC(=O)Nc1ccc(-c2ccc(S(=O)(=O)NCc3cnn4ccccc34)cc2)cc1. The predicted octanol–water partition coefficient (Wildman–Crippen LogP) is 3.44. The third kappa shape index (κ3) is 4.24. The molecule has 0 saturated heterocycles. The Labute approximate surface area is 174 Å². The van der Waals surface area contributed by atoms with Crippen LogP contribution in [0, 0.1) is 0 Å². The van der Waals surface area contributed by atoms with Crippen molar-refractivity contribution in [2.24, 2.45) is 0 Å². The summed E-state index contributed by atoms with van der Waals surface area (Å²) in [5, 5.41) is 6.93. The molecule has 8 heteroatoms. The molecule has 0 radical (unpaired) electrons. The number of benzene rings is 2. The molecule has 2 N–H and O–H groups in total. The van der Waals surface area contributed by atoms with Crippen LogP contribution in [0.4, 0.5) is 5.69 Å². The lowest BCUT2D eigenvalue weighted by atomic mass is 10.1. The van der Waals surface area contributed by atoms with Gasteiger partial charge in [0.1, 0.15) is 0 Å². The molecule has 0 aliphatic rings. The quantitative estimate of drug-likeness (QED) is 0.500. The Morgan fingerprint density at radius 1 is 0.967 bits per heavy atom. The summed E-state index contributed by atoms with van der Waals surface area (Å²) in [7, 11) is -3.66. The summed E-state index contributed by atoms with van der Waals surface area (Å²) in [5.74, 6) is -0.131. The van der Waals surface area contributed by atoms with Gasteiger partial charge in [-0.15, -0.1) is 0 Å². The van der Waals surface area contributed by atoms with E-state index in [-0.39, 0.29) is 17.3 Å². The van der Waals surface area contributed by atoms with Gasteiger partial charge in [-0.1, -0.05) is 30.3 Å². The maximum atomic E-state index is 12.7. The van der Waals surface area contributed by atoms with Crippen LogP contribution < -0.4 is 10.0 Å². The van der Waals surface area contributed by atoms with Crippen LogP contribution in [0.2, 0.25) is 0 Å². The van der Waals surface area contributed by atoms with E-state index in [1.807, 2.05) is 36.5 Å². The Morgan fingerprint density at radius 3 is 2.30 bits per heavy atom. The van der Waals surface area contributed by atoms with Crippen molar-refractivity contribution in [2.45, 2.75) is 18.4 Å². The largest absolute Gasteiger partial charge is 0.326 e. The molecule has 0 spiro atoms. The summed E-state index contributed by atoms with van der Waals surface area (Å²) in [6.07, 6.45) is 3.47. The first-order valence-electron chi connectivity index (χ1n) is 9.31. The van der Waals surface area contributed by atoms with Gasteiger partial charge in [0.05, 0.1) is 16.6 Å². The van der Waals surface area contributed by atoms with Crippen LogP contribution in [0.1, 0.15) is 12.5 Å². The van der Waals surface area contributed by atoms with Gasteiger partial charge in [-0.05, 0) is 47.5 Å². The highest BCUT2D eigenvalue weighted by Crippen LogP contribution is 2.23. The Morgan fingerprint density at radius 2 is 1.63 bits per heavy atom. The number of anilines is 1. The number of amides is 1. The minimum absolute atomic E-state index is 0.131. The number of fused-ring (bicyclic) bond motifs is 1. The summed E-state index contributed by atoms with van der Waals surface area (Å²) >= 11 is 0. The molecule has 4 rings (SSSR count). The van der Waals surface area contributed by atoms with Crippen LogP contribution >= 0.6 is 0 Å². The maximum Gasteiger partial charge on any atom is 0.240 e. The predicted molar refractivity (Wildman–Crippen MR) is 115 cm³/mol. The summed E-state index contributed by atoms with van der Waals surface area (Å²) in [4.78, 5) is 11.3. The summed E-state index contributed by atoms with van der Waals surface area (Å²) in [6.45, 7) is 1.61. The van der Waals surface area contributed by atoms with E-state index in [1.54, 1.807) is 47.1 Å². The second-order valence-corrected chi connectivity index (χ2v) is 8.57. The number of sulfonamides is 1. The monoisotopic (exact) mass is 420 g/mol. The zero-order valence-electron chi connectivity index (χ0n) is 16.2. The fraction of sp³-hybridized carbons (Fsp3) is 0.0909. The molecule has 2 heterocycles. The van der Waals surface area contributed by atoms with E-state index in [9.17, 15) is 13.2 Å². The molecule has 0 unspecified atom stereocenters. The highest BCUT2D eigenvalue weighted by Gasteiger charge is 2.15. The van der Waals surface area contributed by atoms with Crippen molar-refractivity contribution in [1.82, 2.24) is 14.3 Å². The molecule has 0 aliphatic carbocycles. The van der Waals surface area contributed by atoms with Crippen LogP contribution in [0.5, 0.6) is 0 Å². The fourth-order valence-electron chi connectivity index (χ4n) is 3.16. The highest BCUT2D eigenvalue weighted by molar-refractivity contribution is 7.89. The lowest BCUT2D eigenvalue weighted by molar-refractivity contribution is -0.114. The Balaban J connectivity index is 1.48. The Kier molecular flexibility index (Phi) is 5.35. The van der Waals surface area contributed by atoms with E-state index >= 15 is 0 Å². The molecule has 30 heavy (non-hydrogen) atoms. The molecular formula is C22H20N4O3S. The average Bonchev–Trinajstić information content (AvgIpc) is 3.16. The van der Waals surface area contributed by atoms with Gasteiger partial charge in [0.2, 0.25) is 15.9 Å². The van der Waals surface area contributed by atoms with Gasteiger partial charge in [0, 0.05) is 30.9 Å². The fourth-order valence-corrected chi connectivity index (χ4v) is 4.16. The van der Waals surface area contributed by atoms with Crippen molar-refractivity contribution in [3.8, 4) is 11.1 Å². The molecule has 2 aromatic heterocycles. The van der Waals surface area contributed by atoms with Crippen molar-refractivity contribution in [3.63, 3.8) is 0 Å². The number of rotatable bonds is 6. The topological polar surface area (TPSA) is 92.6 Å². The van der Waals surface area contributed by atoms with Gasteiger partial charge in [0.15, 0.2) is 0 Å². The maximum absolute atomic E-state index is 12.7. The summed E-state index contributed by atoms with van der Waals surface area (Å²) < 4.78 is 29.7. The minimum Gasteiger partial charge on any atom is -0.326 e. The molecule has 0 atom stereocenters. The molecule has 1 amide bonds. The van der Waals surface area contributed by atoms with Crippen molar-refractivity contribution in [3.05, 3.63) is 84.7 Å². The highest BCUT2D eigenvalue weighted by atomic mass is 32.2. The number of nitrogens with zero attached hydrogens (tertiary/aromatic N) is 2. The normalized spacial score (nSPS) is 11.5. The van der Waals surface area contributed by atoms with Gasteiger partial charge < -0.3 is 5.32 Å². The smallest absolute Gasteiger partial charge is 0.240 e. The van der Waals surface area contributed by atoms with Gasteiger partial charge >= 0.3 is 0 Å². The van der Waals surface area contributed by atoms with Crippen molar-refractivity contribution in [1.29, 1.82) is 0 Å². The molecule has 0 fully saturated rings. The standard InChI is InChI=1S/C22H20N4O3S/c1-16(27)25-20-9-5-17(6-10-20)18-7-11-21(12-8-18)30(28,29)24-15-19-14-23-26-13-3-2-4-22(19)26/h2-14,24H,15H2,1H3,(H,25,27). The van der Waals surface area contributed by atoms with Crippen molar-refractivity contribution in [2.75, 3.05) is 5.32 Å². The number of carbonyl (C=O) groups excluding carboxylic acids is 1. The molecule has 0 saturated carbocycles. The van der Waals surface area contributed by atoms with Gasteiger partial charge in [0.25, 0.3) is 0 Å². The van der Waals surface area contributed by atoms with E-state index in [4.69, 9.17) is 0 Å². The number of hydrogen-bond acceptors (Lipinski definition) is 4. The first kappa shape index (κ1) is 19.8. The lowest BCUT2D eigenvalue weighted by Gasteiger charge is -2.08. The van der Waals surface area contributed by atoms with E-state index < -0.39 is 10.0 Å². The van der Waals surface area contributed by atoms with Crippen LogP contribution in [-0.2, 0) is 21.4 Å². The Hall–Kier alpha value is -3.49. The number of hydrogen-bond donors (Lipinski definition) is 2. The van der Waals surface area contributed by atoms with Crippen LogP contribution in [0.3, 0.4) is 0 Å². The van der Waals surface area contributed by atoms with Crippen molar-refractivity contribution >= 4 is 27.1 Å². The average molecular weight is 420 g/mol. The van der Waals surface area contributed by atoms with Crippen LogP contribution in [0.25, 0.3) is 16.6 Å². The minimum atomic E-state index is -3.66. The molecule has 7 nitrogen and oxygen atoms in total. The number of nitrogens with one attached hydrogen (secondary N) is 2. The lowest BCUT2D eigenvalue weighted by Crippen LogP contribution is -2.23. The van der Waals surface area contributed by atoms with Gasteiger partial charge in [-0.2, -0.15) is 5.10 Å². The number of aromatic nitrogens is 2. The zero-order valence-corrected chi connectivity index (χ0v) is 17.1. The van der Waals surface area contributed by atoms with E-state index in [2.05, 4.69) is 15.1 Å². The second-order valence-electron chi connectivity index (χ2n) is 6.81. The Bertz CT molecular complexity index is 1290.